The normalized spacial score (nSPS) is 10.2. The van der Waals surface area contributed by atoms with Crippen molar-refractivity contribution < 1.29 is 14.3 Å². The number of anilines is 1. The zero-order chi connectivity index (χ0) is 16.7. The highest BCUT2D eigenvalue weighted by Crippen LogP contribution is 2.16. The molecule has 2 N–H and O–H groups in total. The van der Waals surface area contributed by atoms with Crippen molar-refractivity contribution >= 4 is 17.5 Å². The van der Waals surface area contributed by atoms with Gasteiger partial charge in [0.05, 0.1) is 6.10 Å². The zero-order valence-corrected chi connectivity index (χ0v) is 13.1. The molecule has 1 heterocycles. The molecule has 1 aromatic heterocycles. The number of carbonyl (C=O) groups excluding carboxylic acids is 2. The predicted molar refractivity (Wildman–Crippen MR) is 86.9 cm³/mol. The lowest BCUT2D eigenvalue weighted by atomic mass is 10.2. The van der Waals surface area contributed by atoms with Gasteiger partial charge in [0.25, 0.3) is 0 Å². The van der Waals surface area contributed by atoms with Crippen molar-refractivity contribution in [2.75, 3.05) is 5.32 Å². The van der Waals surface area contributed by atoms with Crippen LogP contribution in [0.2, 0.25) is 0 Å². The second kappa shape index (κ2) is 7.93. The number of ether oxygens (including phenoxy) is 1. The number of pyridine rings is 1. The first-order valence-corrected chi connectivity index (χ1v) is 7.29. The van der Waals surface area contributed by atoms with Crippen LogP contribution in [0.3, 0.4) is 0 Å². The number of amides is 2. The summed E-state index contributed by atoms with van der Waals surface area (Å²) in [4.78, 5) is 27.5. The first kappa shape index (κ1) is 16.5. The molecule has 6 heteroatoms. The molecule has 0 atom stereocenters. The van der Waals surface area contributed by atoms with Gasteiger partial charge in [0.1, 0.15) is 5.75 Å². The molecule has 0 aliphatic rings. The Morgan fingerprint density at radius 2 is 1.70 bits per heavy atom. The lowest BCUT2D eigenvalue weighted by Gasteiger charge is -2.10. The largest absolute Gasteiger partial charge is 0.491 e. The molecule has 0 unspecified atom stereocenters. The van der Waals surface area contributed by atoms with E-state index in [2.05, 4.69) is 15.6 Å². The summed E-state index contributed by atoms with van der Waals surface area (Å²) in [5.41, 5.74) is 1.40. The standard InChI is InChI=1S/C17H19N3O3/c1-12(2)23-15-5-3-14(4-6-15)20-17(22)16(21)19-11-13-7-9-18-10-8-13/h3-10,12H,11H2,1-2H3,(H,19,21)(H,20,22). The Hall–Kier alpha value is -2.89. The maximum atomic E-state index is 11.8. The van der Waals surface area contributed by atoms with E-state index < -0.39 is 11.8 Å². The Bertz CT molecular complexity index is 655. The molecule has 0 fully saturated rings. The monoisotopic (exact) mass is 313 g/mol. The van der Waals surface area contributed by atoms with Crippen molar-refractivity contribution in [1.29, 1.82) is 0 Å². The second-order valence-corrected chi connectivity index (χ2v) is 5.18. The maximum absolute atomic E-state index is 11.8. The highest BCUT2D eigenvalue weighted by Gasteiger charge is 2.13. The summed E-state index contributed by atoms with van der Waals surface area (Å²) in [7, 11) is 0. The molecule has 23 heavy (non-hydrogen) atoms. The van der Waals surface area contributed by atoms with E-state index in [0.717, 1.165) is 5.56 Å². The quantitative estimate of drug-likeness (QED) is 0.829. The van der Waals surface area contributed by atoms with Crippen LogP contribution in [0.1, 0.15) is 19.4 Å². The topological polar surface area (TPSA) is 80.3 Å². The van der Waals surface area contributed by atoms with Gasteiger partial charge in [0, 0.05) is 24.6 Å². The van der Waals surface area contributed by atoms with Gasteiger partial charge in [-0.1, -0.05) is 0 Å². The van der Waals surface area contributed by atoms with E-state index in [1.807, 2.05) is 13.8 Å². The molecule has 0 saturated carbocycles. The minimum Gasteiger partial charge on any atom is -0.491 e. The van der Waals surface area contributed by atoms with Crippen LogP contribution < -0.4 is 15.4 Å². The number of hydrogen-bond acceptors (Lipinski definition) is 4. The first-order chi connectivity index (χ1) is 11.0. The highest BCUT2D eigenvalue weighted by molar-refractivity contribution is 6.39. The van der Waals surface area contributed by atoms with Crippen LogP contribution in [0, 0.1) is 0 Å². The number of rotatable bonds is 5. The molecular formula is C17H19N3O3. The number of nitrogens with one attached hydrogen (secondary N) is 2. The molecule has 2 amide bonds. The fourth-order valence-electron chi connectivity index (χ4n) is 1.84. The zero-order valence-electron chi connectivity index (χ0n) is 13.1. The first-order valence-electron chi connectivity index (χ1n) is 7.29. The van der Waals surface area contributed by atoms with Gasteiger partial charge in [-0.15, -0.1) is 0 Å². The van der Waals surface area contributed by atoms with Crippen LogP contribution in [0.15, 0.2) is 48.8 Å². The molecule has 0 spiro atoms. The fourth-order valence-corrected chi connectivity index (χ4v) is 1.84. The van der Waals surface area contributed by atoms with Crippen molar-refractivity contribution in [3.8, 4) is 5.75 Å². The van der Waals surface area contributed by atoms with Crippen molar-refractivity contribution in [1.82, 2.24) is 10.3 Å². The van der Waals surface area contributed by atoms with E-state index in [1.165, 1.54) is 0 Å². The molecule has 2 aromatic rings. The van der Waals surface area contributed by atoms with Gasteiger partial charge in [-0.3, -0.25) is 14.6 Å². The molecular weight excluding hydrogens is 294 g/mol. The Morgan fingerprint density at radius 3 is 2.30 bits per heavy atom. The molecule has 1 aromatic carbocycles. The van der Waals surface area contributed by atoms with Crippen LogP contribution in [0.4, 0.5) is 5.69 Å². The molecule has 0 aliphatic carbocycles. The number of hydrogen-bond donors (Lipinski definition) is 2. The predicted octanol–water partition coefficient (Wildman–Crippen LogP) is 2.12. The summed E-state index contributed by atoms with van der Waals surface area (Å²) in [5.74, 6) is -0.693. The Labute approximate surface area is 134 Å². The van der Waals surface area contributed by atoms with Crippen LogP contribution >= 0.6 is 0 Å². The van der Waals surface area contributed by atoms with E-state index in [-0.39, 0.29) is 12.6 Å². The van der Waals surface area contributed by atoms with Gasteiger partial charge in [-0.25, -0.2) is 0 Å². The van der Waals surface area contributed by atoms with Crippen LogP contribution in [-0.2, 0) is 16.1 Å². The molecule has 120 valence electrons. The number of benzene rings is 1. The number of carbonyl (C=O) groups is 2. The third kappa shape index (κ3) is 5.43. The minimum absolute atomic E-state index is 0.0782. The summed E-state index contributed by atoms with van der Waals surface area (Å²) >= 11 is 0. The van der Waals surface area contributed by atoms with Gasteiger partial charge in [-0.2, -0.15) is 0 Å². The lowest BCUT2D eigenvalue weighted by Crippen LogP contribution is -2.34. The summed E-state index contributed by atoms with van der Waals surface area (Å²) in [6.45, 7) is 4.14. The van der Waals surface area contributed by atoms with E-state index in [9.17, 15) is 9.59 Å². The molecule has 0 bridgehead atoms. The summed E-state index contributed by atoms with van der Waals surface area (Å²) < 4.78 is 5.51. The molecule has 0 radical (unpaired) electrons. The lowest BCUT2D eigenvalue weighted by molar-refractivity contribution is -0.136. The summed E-state index contributed by atoms with van der Waals surface area (Å²) in [6.07, 6.45) is 3.33. The van der Waals surface area contributed by atoms with E-state index >= 15 is 0 Å². The molecule has 6 nitrogen and oxygen atoms in total. The van der Waals surface area contributed by atoms with Crippen LogP contribution in [0.5, 0.6) is 5.75 Å². The SMILES string of the molecule is CC(C)Oc1ccc(NC(=O)C(=O)NCc2ccncc2)cc1. The van der Waals surface area contributed by atoms with Crippen molar-refractivity contribution in [2.24, 2.45) is 0 Å². The third-order valence-corrected chi connectivity index (χ3v) is 2.89. The van der Waals surface area contributed by atoms with Crippen molar-refractivity contribution in [3.63, 3.8) is 0 Å². The van der Waals surface area contributed by atoms with Gasteiger partial charge >= 0.3 is 11.8 Å². The molecule has 0 aliphatic heterocycles. The Morgan fingerprint density at radius 1 is 1.04 bits per heavy atom. The molecule has 2 rings (SSSR count). The number of aromatic nitrogens is 1. The number of nitrogens with zero attached hydrogens (tertiary/aromatic N) is 1. The van der Waals surface area contributed by atoms with Crippen molar-refractivity contribution in [3.05, 3.63) is 54.4 Å². The molecule has 0 saturated heterocycles. The van der Waals surface area contributed by atoms with E-state index in [1.54, 1.807) is 48.8 Å². The average molecular weight is 313 g/mol. The van der Waals surface area contributed by atoms with Crippen LogP contribution in [-0.4, -0.2) is 22.9 Å². The third-order valence-electron chi connectivity index (χ3n) is 2.89. The smallest absolute Gasteiger partial charge is 0.313 e. The van der Waals surface area contributed by atoms with Gasteiger partial charge < -0.3 is 15.4 Å². The Kier molecular flexibility index (Phi) is 5.68. The Balaban J connectivity index is 1.84. The summed E-state index contributed by atoms with van der Waals surface area (Å²) in [5, 5.41) is 5.09. The van der Waals surface area contributed by atoms with E-state index in [0.29, 0.717) is 11.4 Å². The van der Waals surface area contributed by atoms with Crippen LogP contribution in [0.25, 0.3) is 0 Å². The second-order valence-electron chi connectivity index (χ2n) is 5.18. The van der Waals surface area contributed by atoms with Gasteiger partial charge in [-0.05, 0) is 55.8 Å². The minimum atomic E-state index is -0.711. The van der Waals surface area contributed by atoms with E-state index in [4.69, 9.17) is 4.74 Å². The van der Waals surface area contributed by atoms with Crippen molar-refractivity contribution in [2.45, 2.75) is 26.5 Å². The summed E-state index contributed by atoms with van der Waals surface area (Å²) in [6, 6.07) is 10.4. The van der Waals surface area contributed by atoms with Gasteiger partial charge in [0.15, 0.2) is 0 Å². The highest BCUT2D eigenvalue weighted by atomic mass is 16.5. The maximum Gasteiger partial charge on any atom is 0.313 e. The average Bonchev–Trinajstić information content (AvgIpc) is 2.55. The van der Waals surface area contributed by atoms with Gasteiger partial charge in [0.2, 0.25) is 0 Å². The fraction of sp³-hybridized carbons (Fsp3) is 0.235.